The first kappa shape index (κ1) is 22.1. The van der Waals surface area contributed by atoms with Gasteiger partial charge in [-0.05, 0) is 30.3 Å². The Bertz CT molecular complexity index is 1380. The second-order valence-electron chi connectivity index (χ2n) is 6.90. The Morgan fingerprint density at radius 3 is 2.56 bits per heavy atom. The average Bonchev–Trinajstić information content (AvgIpc) is 3.42. The molecule has 1 amide bonds. The quantitative estimate of drug-likeness (QED) is 0.272. The molecular formula is C23H19N3O3S3. The van der Waals surface area contributed by atoms with Crippen LogP contribution in [0.2, 0.25) is 0 Å². The zero-order valence-corrected chi connectivity index (χ0v) is 19.6. The predicted octanol–water partition coefficient (Wildman–Crippen LogP) is 5.06. The summed E-state index contributed by atoms with van der Waals surface area (Å²) in [5.74, 6) is -0.225. The van der Waals surface area contributed by atoms with Gasteiger partial charge in [0.1, 0.15) is 5.01 Å². The van der Waals surface area contributed by atoms with Gasteiger partial charge in [0.05, 0.1) is 20.8 Å². The molecule has 0 aliphatic rings. The molecule has 9 heteroatoms. The highest BCUT2D eigenvalue weighted by molar-refractivity contribution is 7.90. The number of amides is 1. The fourth-order valence-electron chi connectivity index (χ4n) is 2.98. The standard InChI is InChI=1S/C23H19N3O3S3/c1-3-14-26(22(27)13-12-21-24-18-6-4-5-7-20(18)31-21)23-25-19(15-30-23)16-8-10-17(11-9-16)32(2,28)29/h3-13,15H,1,14H2,2H3/b13-12+. The van der Waals surface area contributed by atoms with Crippen LogP contribution in [0.15, 0.2) is 77.5 Å². The number of sulfone groups is 1. The molecule has 0 fully saturated rings. The average molecular weight is 482 g/mol. The molecule has 32 heavy (non-hydrogen) atoms. The molecule has 4 rings (SSSR count). The summed E-state index contributed by atoms with van der Waals surface area (Å²) in [4.78, 5) is 23.8. The van der Waals surface area contributed by atoms with E-state index in [2.05, 4.69) is 16.5 Å². The van der Waals surface area contributed by atoms with E-state index in [1.165, 1.54) is 39.9 Å². The van der Waals surface area contributed by atoms with Gasteiger partial charge in [-0.3, -0.25) is 9.69 Å². The fourth-order valence-corrected chi connectivity index (χ4v) is 5.33. The zero-order valence-electron chi connectivity index (χ0n) is 17.1. The van der Waals surface area contributed by atoms with E-state index < -0.39 is 9.84 Å². The maximum absolute atomic E-state index is 12.9. The van der Waals surface area contributed by atoms with E-state index in [0.717, 1.165) is 20.8 Å². The van der Waals surface area contributed by atoms with Crippen molar-refractivity contribution in [1.29, 1.82) is 0 Å². The number of hydrogen-bond acceptors (Lipinski definition) is 7. The molecule has 6 nitrogen and oxygen atoms in total. The van der Waals surface area contributed by atoms with Gasteiger partial charge in [-0.1, -0.05) is 30.3 Å². The summed E-state index contributed by atoms with van der Waals surface area (Å²) < 4.78 is 24.4. The Labute approximate surface area is 194 Å². The van der Waals surface area contributed by atoms with Crippen LogP contribution in [0.25, 0.3) is 27.6 Å². The Hall–Kier alpha value is -3.14. The fraction of sp³-hybridized carbons (Fsp3) is 0.0870. The Balaban J connectivity index is 1.55. The van der Waals surface area contributed by atoms with Gasteiger partial charge in [0.15, 0.2) is 15.0 Å². The molecule has 4 aromatic rings. The molecule has 0 saturated heterocycles. The van der Waals surface area contributed by atoms with Crippen LogP contribution in [0.3, 0.4) is 0 Å². The normalized spacial score (nSPS) is 11.8. The number of thiazole rings is 2. The van der Waals surface area contributed by atoms with Gasteiger partial charge in [-0.25, -0.2) is 18.4 Å². The third kappa shape index (κ3) is 4.85. The number of rotatable bonds is 7. The van der Waals surface area contributed by atoms with E-state index in [4.69, 9.17) is 0 Å². The van der Waals surface area contributed by atoms with E-state index >= 15 is 0 Å². The van der Waals surface area contributed by atoms with Gasteiger partial charge in [0.25, 0.3) is 5.91 Å². The minimum absolute atomic E-state index is 0.225. The van der Waals surface area contributed by atoms with Crippen molar-refractivity contribution >= 4 is 59.8 Å². The lowest BCUT2D eigenvalue weighted by Gasteiger charge is -2.15. The molecule has 2 aromatic heterocycles. The third-order valence-electron chi connectivity index (χ3n) is 4.56. The third-order valence-corrected chi connectivity index (χ3v) is 7.55. The lowest BCUT2D eigenvalue weighted by molar-refractivity contribution is -0.114. The molecule has 2 heterocycles. The van der Waals surface area contributed by atoms with Crippen LogP contribution in [0.4, 0.5) is 5.13 Å². The molecule has 0 bridgehead atoms. The first-order valence-corrected chi connectivity index (χ1v) is 13.2. The second kappa shape index (κ2) is 9.15. The van der Waals surface area contributed by atoms with Crippen molar-refractivity contribution in [1.82, 2.24) is 9.97 Å². The molecule has 0 saturated carbocycles. The summed E-state index contributed by atoms with van der Waals surface area (Å²) in [6, 6.07) is 14.4. The van der Waals surface area contributed by atoms with E-state index in [0.29, 0.717) is 17.4 Å². The van der Waals surface area contributed by atoms with E-state index in [-0.39, 0.29) is 10.8 Å². The zero-order chi connectivity index (χ0) is 22.7. The van der Waals surface area contributed by atoms with Crippen molar-refractivity contribution in [2.75, 3.05) is 17.7 Å². The maximum Gasteiger partial charge on any atom is 0.253 e. The van der Waals surface area contributed by atoms with Crippen LogP contribution >= 0.6 is 22.7 Å². The van der Waals surface area contributed by atoms with E-state index in [9.17, 15) is 13.2 Å². The number of carbonyl (C=O) groups excluding carboxylic acids is 1. The molecule has 0 unspecified atom stereocenters. The van der Waals surface area contributed by atoms with Gasteiger partial charge in [0, 0.05) is 29.8 Å². The van der Waals surface area contributed by atoms with Crippen molar-refractivity contribution in [3.8, 4) is 11.3 Å². The molecule has 0 aliphatic carbocycles. The van der Waals surface area contributed by atoms with Crippen LogP contribution in [0, 0.1) is 0 Å². The van der Waals surface area contributed by atoms with Crippen molar-refractivity contribution in [3.05, 3.63) is 77.6 Å². The van der Waals surface area contributed by atoms with E-state index in [1.54, 1.807) is 36.4 Å². The SMILES string of the molecule is C=CCN(C(=O)/C=C/c1nc2ccccc2s1)c1nc(-c2ccc(S(C)(=O)=O)cc2)cs1. The number of carbonyl (C=O) groups is 1. The van der Waals surface area contributed by atoms with Crippen LogP contribution in [0.1, 0.15) is 5.01 Å². The number of hydrogen-bond donors (Lipinski definition) is 0. The van der Waals surface area contributed by atoms with Crippen molar-refractivity contribution in [2.45, 2.75) is 4.90 Å². The van der Waals surface area contributed by atoms with Crippen LogP contribution in [-0.4, -0.2) is 37.1 Å². The lowest BCUT2D eigenvalue weighted by atomic mass is 10.2. The van der Waals surface area contributed by atoms with Crippen molar-refractivity contribution in [2.24, 2.45) is 0 Å². The molecule has 162 valence electrons. The molecule has 0 radical (unpaired) electrons. The summed E-state index contributed by atoms with van der Waals surface area (Å²) in [7, 11) is -3.26. The Kier molecular flexibility index (Phi) is 6.31. The van der Waals surface area contributed by atoms with E-state index in [1.807, 2.05) is 29.6 Å². The predicted molar refractivity (Wildman–Crippen MR) is 132 cm³/mol. The number of fused-ring (bicyclic) bond motifs is 1. The van der Waals surface area contributed by atoms with Crippen molar-refractivity contribution in [3.63, 3.8) is 0 Å². The number of anilines is 1. The molecule has 0 aliphatic heterocycles. The minimum Gasteiger partial charge on any atom is -0.281 e. The van der Waals surface area contributed by atoms with Gasteiger partial charge in [0.2, 0.25) is 0 Å². The first-order chi connectivity index (χ1) is 15.3. The summed E-state index contributed by atoms with van der Waals surface area (Å²) in [5.41, 5.74) is 2.34. The summed E-state index contributed by atoms with van der Waals surface area (Å²) in [6.07, 6.45) is 6.01. The molecule has 0 N–H and O–H groups in total. The highest BCUT2D eigenvalue weighted by atomic mass is 32.2. The number of nitrogens with zero attached hydrogens (tertiary/aromatic N) is 3. The lowest BCUT2D eigenvalue weighted by Crippen LogP contribution is -2.29. The summed E-state index contributed by atoms with van der Waals surface area (Å²) >= 11 is 2.86. The number of benzene rings is 2. The highest BCUT2D eigenvalue weighted by Gasteiger charge is 2.17. The Morgan fingerprint density at radius 2 is 1.88 bits per heavy atom. The first-order valence-electron chi connectivity index (χ1n) is 9.57. The van der Waals surface area contributed by atoms with Gasteiger partial charge >= 0.3 is 0 Å². The van der Waals surface area contributed by atoms with Gasteiger partial charge in [-0.2, -0.15) is 0 Å². The molecule has 0 atom stereocenters. The highest BCUT2D eigenvalue weighted by Crippen LogP contribution is 2.29. The minimum atomic E-state index is -3.26. The largest absolute Gasteiger partial charge is 0.281 e. The monoisotopic (exact) mass is 481 g/mol. The maximum atomic E-state index is 12.9. The molecule has 2 aromatic carbocycles. The van der Waals surface area contributed by atoms with Crippen LogP contribution < -0.4 is 4.90 Å². The van der Waals surface area contributed by atoms with Crippen LogP contribution in [0.5, 0.6) is 0 Å². The molecular weight excluding hydrogens is 462 g/mol. The molecule has 0 spiro atoms. The van der Waals surface area contributed by atoms with Crippen molar-refractivity contribution < 1.29 is 13.2 Å². The summed E-state index contributed by atoms with van der Waals surface area (Å²) in [6.45, 7) is 4.05. The number of aromatic nitrogens is 2. The Morgan fingerprint density at radius 1 is 1.12 bits per heavy atom. The summed E-state index contributed by atoms with van der Waals surface area (Å²) in [5, 5.41) is 3.13. The topological polar surface area (TPSA) is 80.2 Å². The van der Waals surface area contributed by atoms with Gasteiger partial charge in [-0.15, -0.1) is 29.3 Å². The second-order valence-corrected chi connectivity index (χ2v) is 10.8. The number of para-hydroxylation sites is 1. The smallest absolute Gasteiger partial charge is 0.253 e. The van der Waals surface area contributed by atoms with Gasteiger partial charge < -0.3 is 0 Å². The van der Waals surface area contributed by atoms with Crippen LogP contribution in [-0.2, 0) is 14.6 Å².